The lowest BCUT2D eigenvalue weighted by atomic mass is 9.81. The molecule has 0 bridgehead atoms. The summed E-state index contributed by atoms with van der Waals surface area (Å²) in [4.78, 5) is 3.93. The van der Waals surface area contributed by atoms with Crippen molar-refractivity contribution in [3.63, 3.8) is 0 Å². The van der Waals surface area contributed by atoms with Crippen molar-refractivity contribution in [2.45, 2.75) is 39.3 Å². The Hall–Kier alpha value is -0.160. The Morgan fingerprint density at radius 1 is 1.00 bits per heavy atom. The second-order valence-corrected chi connectivity index (χ2v) is 9.09. The van der Waals surface area contributed by atoms with E-state index in [4.69, 9.17) is 9.29 Å². The molecular formula is C15H34B2N2O6S. The number of rotatable bonds is 6. The van der Waals surface area contributed by atoms with Crippen LogP contribution < -0.4 is 0 Å². The summed E-state index contributed by atoms with van der Waals surface area (Å²) in [5, 5.41) is 27.5. The first-order chi connectivity index (χ1) is 12.1. The Kier molecular flexibility index (Phi) is 10.7. The molecule has 11 heteroatoms. The van der Waals surface area contributed by atoms with E-state index in [1.54, 1.807) is 13.6 Å². The van der Waals surface area contributed by atoms with Crippen LogP contribution in [0.15, 0.2) is 0 Å². The molecule has 2 atom stereocenters. The van der Waals surface area contributed by atoms with Gasteiger partial charge >= 0.3 is 14.1 Å². The van der Waals surface area contributed by atoms with Gasteiger partial charge in [-0.3, -0.25) is 4.18 Å². The fourth-order valence-corrected chi connectivity index (χ4v) is 3.82. The van der Waals surface area contributed by atoms with Gasteiger partial charge < -0.3 is 24.8 Å². The monoisotopic (exact) mass is 392 g/mol. The second kappa shape index (κ2) is 11.6. The first-order valence-electron chi connectivity index (χ1n) is 9.42. The standard InChI is InChI=1S/C8H18BNO4S.C7H16BNO2/c1-9(11)10-5-3-4-8(6-10)7-14-15(2,12)13;1-8(11)9-4-2-3-7(5-9)6-10/h8,11H,3-7H2,1-2H3;7,10-11H,2-6H2,1H3. The van der Waals surface area contributed by atoms with Gasteiger partial charge in [-0.25, -0.2) is 0 Å². The van der Waals surface area contributed by atoms with Crippen molar-refractivity contribution >= 4 is 24.2 Å². The Morgan fingerprint density at radius 3 is 1.88 bits per heavy atom. The molecule has 8 nitrogen and oxygen atoms in total. The molecule has 0 aromatic heterocycles. The van der Waals surface area contributed by atoms with Crippen molar-refractivity contribution in [1.82, 2.24) is 9.62 Å². The first kappa shape index (κ1) is 23.9. The van der Waals surface area contributed by atoms with Crippen LogP contribution >= 0.6 is 0 Å². The molecule has 0 radical (unpaired) electrons. The van der Waals surface area contributed by atoms with Gasteiger partial charge in [-0.2, -0.15) is 8.42 Å². The highest BCUT2D eigenvalue weighted by molar-refractivity contribution is 7.85. The minimum Gasteiger partial charge on any atom is -0.437 e. The third-order valence-corrected chi connectivity index (χ3v) is 5.50. The summed E-state index contributed by atoms with van der Waals surface area (Å²) in [5.41, 5.74) is 0. The van der Waals surface area contributed by atoms with Crippen molar-refractivity contribution < 1.29 is 27.8 Å². The van der Waals surface area contributed by atoms with E-state index >= 15 is 0 Å². The molecular weight excluding hydrogens is 358 g/mol. The SMILES string of the molecule is CB(O)N1CCCC(CO)C1.CB(O)N1CCCC(COS(C)(=O)=O)C1. The molecule has 0 amide bonds. The molecule has 0 aromatic rings. The van der Waals surface area contributed by atoms with Crippen LogP contribution in [-0.2, 0) is 14.3 Å². The summed E-state index contributed by atoms with van der Waals surface area (Å²) >= 11 is 0. The van der Waals surface area contributed by atoms with Gasteiger partial charge in [0.05, 0.1) is 12.9 Å². The zero-order valence-electron chi connectivity index (χ0n) is 16.2. The van der Waals surface area contributed by atoms with E-state index in [9.17, 15) is 18.5 Å². The summed E-state index contributed by atoms with van der Waals surface area (Å²) < 4.78 is 26.4. The largest absolute Gasteiger partial charge is 0.437 e. The third-order valence-electron chi connectivity index (χ3n) is 4.93. The van der Waals surface area contributed by atoms with E-state index in [2.05, 4.69) is 0 Å². The average molecular weight is 392 g/mol. The molecule has 2 unspecified atom stereocenters. The van der Waals surface area contributed by atoms with Crippen molar-refractivity contribution in [3.05, 3.63) is 0 Å². The summed E-state index contributed by atoms with van der Waals surface area (Å²) in [6.07, 6.45) is 5.18. The van der Waals surface area contributed by atoms with E-state index in [-0.39, 0.29) is 26.2 Å². The van der Waals surface area contributed by atoms with Gasteiger partial charge in [0.15, 0.2) is 0 Å². The van der Waals surface area contributed by atoms with Gasteiger partial charge in [0.1, 0.15) is 0 Å². The minimum atomic E-state index is -3.34. The first-order valence-corrected chi connectivity index (χ1v) is 11.2. The number of hydrogen-bond acceptors (Lipinski definition) is 8. The lowest BCUT2D eigenvalue weighted by Gasteiger charge is -2.32. The molecule has 26 heavy (non-hydrogen) atoms. The van der Waals surface area contributed by atoms with Gasteiger partial charge in [-0.1, -0.05) is 0 Å². The van der Waals surface area contributed by atoms with Gasteiger partial charge in [-0.15, -0.1) is 0 Å². The highest BCUT2D eigenvalue weighted by atomic mass is 32.2. The third kappa shape index (κ3) is 9.68. The topological polar surface area (TPSA) is 111 Å². The van der Waals surface area contributed by atoms with E-state index in [0.717, 1.165) is 51.6 Å². The molecule has 2 aliphatic heterocycles. The predicted molar refractivity (Wildman–Crippen MR) is 104 cm³/mol. The molecule has 3 N–H and O–H groups in total. The van der Waals surface area contributed by atoms with Crippen LogP contribution in [0.1, 0.15) is 25.7 Å². The number of hydrogen-bond donors (Lipinski definition) is 3. The lowest BCUT2D eigenvalue weighted by molar-refractivity contribution is 0.156. The smallest absolute Gasteiger partial charge is 0.376 e. The van der Waals surface area contributed by atoms with Crippen molar-refractivity contribution in [2.75, 3.05) is 45.6 Å². The van der Waals surface area contributed by atoms with Crippen LogP contribution in [-0.4, -0.2) is 92.9 Å². The van der Waals surface area contributed by atoms with Crippen molar-refractivity contribution in [1.29, 1.82) is 0 Å². The molecule has 0 aliphatic carbocycles. The van der Waals surface area contributed by atoms with E-state index in [1.807, 2.05) is 9.62 Å². The number of piperidine rings is 2. The van der Waals surface area contributed by atoms with E-state index < -0.39 is 17.2 Å². The second-order valence-electron chi connectivity index (χ2n) is 7.44. The van der Waals surface area contributed by atoms with Crippen LogP contribution in [0.25, 0.3) is 0 Å². The average Bonchev–Trinajstić information content (AvgIpc) is 2.60. The lowest BCUT2D eigenvalue weighted by Crippen LogP contribution is -2.45. The fourth-order valence-electron chi connectivity index (χ4n) is 3.38. The van der Waals surface area contributed by atoms with Crippen LogP contribution in [0.2, 0.25) is 13.6 Å². The number of aliphatic hydroxyl groups excluding tert-OH is 1. The minimum absolute atomic E-state index is 0.197. The highest BCUT2D eigenvalue weighted by Crippen LogP contribution is 2.18. The quantitative estimate of drug-likeness (QED) is 0.413. The van der Waals surface area contributed by atoms with Crippen LogP contribution in [0.5, 0.6) is 0 Å². The molecule has 0 aromatic carbocycles. The van der Waals surface area contributed by atoms with Crippen LogP contribution in [0.3, 0.4) is 0 Å². The normalized spacial score (nSPS) is 25.3. The zero-order valence-corrected chi connectivity index (χ0v) is 17.1. The molecule has 2 fully saturated rings. The Balaban J connectivity index is 0.000000273. The van der Waals surface area contributed by atoms with Crippen LogP contribution in [0, 0.1) is 11.8 Å². The fraction of sp³-hybridized carbons (Fsp3) is 1.00. The van der Waals surface area contributed by atoms with Crippen molar-refractivity contribution in [2.24, 2.45) is 11.8 Å². The van der Waals surface area contributed by atoms with Gasteiger partial charge in [-0.05, 0) is 77.3 Å². The Bertz CT molecular complexity index is 495. The molecule has 2 aliphatic rings. The molecule has 2 heterocycles. The summed E-state index contributed by atoms with van der Waals surface area (Å²) in [5.74, 6) is 0.571. The van der Waals surface area contributed by atoms with Crippen molar-refractivity contribution in [3.8, 4) is 0 Å². The maximum absolute atomic E-state index is 10.8. The number of nitrogens with zero attached hydrogens (tertiary/aromatic N) is 2. The van der Waals surface area contributed by atoms with E-state index in [0.29, 0.717) is 12.5 Å². The summed E-state index contributed by atoms with van der Waals surface area (Å²) in [7, 11) is -4.17. The molecule has 0 saturated carbocycles. The summed E-state index contributed by atoms with van der Waals surface area (Å²) in [6, 6.07) is 0. The van der Waals surface area contributed by atoms with Gasteiger partial charge in [0, 0.05) is 6.61 Å². The molecule has 2 saturated heterocycles. The molecule has 2 rings (SSSR count). The van der Waals surface area contributed by atoms with Gasteiger partial charge in [0.25, 0.3) is 10.1 Å². The Labute approximate surface area is 158 Å². The number of aliphatic hydroxyl groups is 1. The Morgan fingerprint density at radius 2 is 1.46 bits per heavy atom. The molecule has 0 spiro atoms. The highest BCUT2D eigenvalue weighted by Gasteiger charge is 2.26. The van der Waals surface area contributed by atoms with Gasteiger partial charge in [0.2, 0.25) is 0 Å². The predicted octanol–water partition coefficient (Wildman–Crippen LogP) is -0.414. The maximum atomic E-state index is 10.8. The zero-order chi connectivity index (χ0) is 19.7. The maximum Gasteiger partial charge on any atom is 0.376 e. The van der Waals surface area contributed by atoms with Crippen LogP contribution in [0.4, 0.5) is 0 Å². The van der Waals surface area contributed by atoms with E-state index in [1.165, 1.54) is 0 Å². The summed E-state index contributed by atoms with van der Waals surface area (Å²) in [6.45, 7) is 7.35. The molecule has 152 valence electrons.